The van der Waals surface area contributed by atoms with Crippen LogP contribution in [0.2, 0.25) is 10.0 Å². The number of sulfonamides is 1. The van der Waals surface area contributed by atoms with Gasteiger partial charge in [0.2, 0.25) is 10.0 Å². The van der Waals surface area contributed by atoms with E-state index in [1.54, 1.807) is 12.1 Å². The molecule has 0 unspecified atom stereocenters. The van der Waals surface area contributed by atoms with Crippen LogP contribution in [0, 0.1) is 10.1 Å². The minimum atomic E-state index is -3.80. The van der Waals surface area contributed by atoms with Crippen LogP contribution in [0.4, 0.5) is 5.69 Å². The third kappa shape index (κ3) is 3.97. The summed E-state index contributed by atoms with van der Waals surface area (Å²) >= 11 is 11.8. The summed E-state index contributed by atoms with van der Waals surface area (Å²) in [6, 6.07) is 9.96. The summed E-state index contributed by atoms with van der Waals surface area (Å²) in [5.41, 5.74) is -0.472. The maximum absolute atomic E-state index is 12.8. The zero-order chi connectivity index (χ0) is 20.5. The van der Waals surface area contributed by atoms with Gasteiger partial charge in [-0.15, -0.1) is 0 Å². The Labute approximate surface area is 171 Å². The molecular formula is C17H15Cl2N3O5S. The Morgan fingerprint density at radius 2 is 1.68 bits per heavy atom. The van der Waals surface area contributed by atoms with Gasteiger partial charge in [0.05, 0.1) is 9.95 Å². The van der Waals surface area contributed by atoms with Crippen LogP contribution in [0.15, 0.2) is 47.4 Å². The molecule has 1 heterocycles. The van der Waals surface area contributed by atoms with Gasteiger partial charge in [-0.25, -0.2) is 8.42 Å². The lowest BCUT2D eigenvalue weighted by atomic mass is 10.1. The first-order valence-electron chi connectivity index (χ1n) is 8.19. The van der Waals surface area contributed by atoms with Crippen molar-refractivity contribution in [3.8, 4) is 0 Å². The van der Waals surface area contributed by atoms with E-state index < -0.39 is 20.9 Å². The van der Waals surface area contributed by atoms with E-state index in [4.69, 9.17) is 23.2 Å². The molecule has 1 aliphatic rings. The number of halogens is 2. The summed E-state index contributed by atoms with van der Waals surface area (Å²) in [5, 5.41) is 11.5. The van der Waals surface area contributed by atoms with E-state index in [1.807, 2.05) is 0 Å². The molecule has 0 aliphatic carbocycles. The van der Waals surface area contributed by atoms with Crippen molar-refractivity contribution >= 4 is 44.8 Å². The van der Waals surface area contributed by atoms with Crippen LogP contribution in [0.1, 0.15) is 10.4 Å². The maximum atomic E-state index is 12.8. The molecule has 2 aromatic rings. The summed E-state index contributed by atoms with van der Waals surface area (Å²) in [7, 11) is -3.80. The quantitative estimate of drug-likeness (QED) is 0.533. The number of carbonyl (C=O) groups is 1. The zero-order valence-corrected chi connectivity index (χ0v) is 16.7. The van der Waals surface area contributed by atoms with E-state index in [2.05, 4.69) is 0 Å². The molecule has 1 amide bonds. The van der Waals surface area contributed by atoms with Gasteiger partial charge >= 0.3 is 0 Å². The second-order valence-corrected chi connectivity index (χ2v) is 8.80. The van der Waals surface area contributed by atoms with Gasteiger partial charge < -0.3 is 4.90 Å². The molecule has 3 rings (SSSR count). The molecule has 1 saturated heterocycles. The Morgan fingerprint density at radius 1 is 1.04 bits per heavy atom. The van der Waals surface area contributed by atoms with Gasteiger partial charge in [0.1, 0.15) is 10.5 Å². The molecule has 0 N–H and O–H groups in total. The molecular weight excluding hydrogens is 429 g/mol. The highest BCUT2D eigenvalue weighted by molar-refractivity contribution is 7.89. The third-order valence-electron chi connectivity index (χ3n) is 4.37. The van der Waals surface area contributed by atoms with Crippen molar-refractivity contribution < 1.29 is 18.1 Å². The predicted molar refractivity (Wildman–Crippen MR) is 104 cm³/mol. The molecule has 1 fully saturated rings. The number of hydrogen-bond acceptors (Lipinski definition) is 5. The summed E-state index contributed by atoms with van der Waals surface area (Å²) < 4.78 is 26.8. The highest BCUT2D eigenvalue weighted by Gasteiger charge is 2.33. The number of rotatable bonds is 4. The molecule has 8 nitrogen and oxygen atoms in total. The molecule has 1 aliphatic heterocycles. The molecule has 0 bridgehead atoms. The van der Waals surface area contributed by atoms with E-state index in [1.165, 1.54) is 33.5 Å². The number of hydrogen-bond donors (Lipinski definition) is 0. The van der Waals surface area contributed by atoms with E-state index >= 15 is 0 Å². The SMILES string of the molecule is O=C(c1ccc(Cl)cc1[N+](=O)[O-])N1CCN(S(=O)(=O)c2ccccc2Cl)CC1. The maximum Gasteiger partial charge on any atom is 0.283 e. The lowest BCUT2D eigenvalue weighted by molar-refractivity contribution is -0.385. The van der Waals surface area contributed by atoms with Crippen molar-refractivity contribution in [1.29, 1.82) is 0 Å². The molecule has 148 valence electrons. The minimum absolute atomic E-state index is 0.00443. The molecule has 0 radical (unpaired) electrons. The van der Waals surface area contributed by atoms with Crippen molar-refractivity contribution in [2.24, 2.45) is 0 Å². The van der Waals surface area contributed by atoms with Gasteiger partial charge in [-0.1, -0.05) is 35.3 Å². The van der Waals surface area contributed by atoms with Crippen LogP contribution in [0.25, 0.3) is 0 Å². The zero-order valence-electron chi connectivity index (χ0n) is 14.4. The number of amides is 1. The summed E-state index contributed by atoms with van der Waals surface area (Å²) in [4.78, 5) is 24.6. The van der Waals surface area contributed by atoms with Crippen LogP contribution in [-0.2, 0) is 10.0 Å². The Bertz CT molecular complexity index is 1040. The second kappa shape index (κ2) is 8.04. The summed E-state index contributed by atoms with van der Waals surface area (Å²) in [6.45, 7) is 0.311. The standard InChI is InChI=1S/C17H15Cl2N3O5S/c18-12-5-6-13(15(11-12)22(24)25)17(23)20-7-9-21(10-8-20)28(26,27)16-4-2-1-3-14(16)19/h1-6,11H,7-10H2. The fourth-order valence-corrected chi connectivity index (χ4v) is 5.01. The van der Waals surface area contributed by atoms with Crippen LogP contribution in [0.3, 0.4) is 0 Å². The van der Waals surface area contributed by atoms with Gasteiger partial charge in [-0.05, 0) is 24.3 Å². The Kier molecular flexibility index (Phi) is 5.90. The Balaban J connectivity index is 1.77. The fraction of sp³-hybridized carbons (Fsp3) is 0.235. The Morgan fingerprint density at radius 3 is 2.29 bits per heavy atom. The topological polar surface area (TPSA) is 101 Å². The lowest BCUT2D eigenvalue weighted by Crippen LogP contribution is -2.50. The van der Waals surface area contributed by atoms with Crippen molar-refractivity contribution in [3.05, 3.63) is 68.2 Å². The van der Waals surface area contributed by atoms with Crippen molar-refractivity contribution in [2.45, 2.75) is 4.90 Å². The van der Waals surface area contributed by atoms with E-state index in [0.29, 0.717) is 0 Å². The van der Waals surface area contributed by atoms with Crippen LogP contribution in [-0.4, -0.2) is 54.6 Å². The van der Waals surface area contributed by atoms with E-state index in [0.717, 1.165) is 6.07 Å². The van der Waals surface area contributed by atoms with Crippen molar-refractivity contribution in [2.75, 3.05) is 26.2 Å². The van der Waals surface area contributed by atoms with E-state index in [-0.39, 0.29) is 52.4 Å². The Hall–Kier alpha value is -2.20. The van der Waals surface area contributed by atoms with Gasteiger partial charge in [0, 0.05) is 37.3 Å². The highest BCUT2D eigenvalue weighted by Crippen LogP contribution is 2.27. The first-order valence-corrected chi connectivity index (χ1v) is 10.4. The molecule has 28 heavy (non-hydrogen) atoms. The smallest absolute Gasteiger partial charge is 0.283 e. The fourth-order valence-electron chi connectivity index (χ4n) is 2.93. The van der Waals surface area contributed by atoms with Gasteiger partial charge in [-0.2, -0.15) is 4.31 Å². The largest absolute Gasteiger partial charge is 0.336 e. The molecule has 0 aromatic heterocycles. The summed E-state index contributed by atoms with van der Waals surface area (Å²) in [5.74, 6) is -0.543. The van der Waals surface area contributed by atoms with Crippen molar-refractivity contribution in [3.63, 3.8) is 0 Å². The van der Waals surface area contributed by atoms with Crippen LogP contribution >= 0.6 is 23.2 Å². The van der Waals surface area contributed by atoms with E-state index in [9.17, 15) is 23.3 Å². The molecule has 2 aromatic carbocycles. The van der Waals surface area contributed by atoms with Gasteiger partial charge in [-0.3, -0.25) is 14.9 Å². The third-order valence-corrected chi connectivity index (χ3v) is 7.00. The normalized spacial score (nSPS) is 15.4. The van der Waals surface area contributed by atoms with Crippen molar-refractivity contribution in [1.82, 2.24) is 9.21 Å². The molecule has 0 saturated carbocycles. The van der Waals surface area contributed by atoms with Gasteiger partial charge in [0.15, 0.2) is 0 Å². The molecule has 11 heteroatoms. The average molecular weight is 444 g/mol. The molecule has 0 atom stereocenters. The first-order chi connectivity index (χ1) is 13.2. The predicted octanol–water partition coefficient (Wildman–Crippen LogP) is 3.05. The highest BCUT2D eigenvalue weighted by atomic mass is 35.5. The average Bonchev–Trinajstić information content (AvgIpc) is 2.67. The first kappa shape index (κ1) is 20.5. The number of nitrogens with zero attached hydrogens (tertiary/aromatic N) is 3. The number of benzene rings is 2. The van der Waals surface area contributed by atoms with Gasteiger partial charge in [0.25, 0.3) is 11.6 Å². The van der Waals surface area contributed by atoms with Crippen LogP contribution < -0.4 is 0 Å². The number of nitro benzene ring substituents is 1. The number of piperazine rings is 1. The molecule has 0 spiro atoms. The number of carbonyl (C=O) groups excluding carboxylic acids is 1. The second-order valence-electron chi connectivity index (χ2n) is 6.05. The minimum Gasteiger partial charge on any atom is -0.336 e. The summed E-state index contributed by atoms with van der Waals surface area (Å²) in [6.07, 6.45) is 0. The lowest BCUT2D eigenvalue weighted by Gasteiger charge is -2.34. The monoisotopic (exact) mass is 443 g/mol. The number of nitro groups is 1. The van der Waals surface area contributed by atoms with Crippen LogP contribution in [0.5, 0.6) is 0 Å².